The summed E-state index contributed by atoms with van der Waals surface area (Å²) in [6.45, 7) is 3.96. The van der Waals surface area contributed by atoms with E-state index < -0.39 is 11.1 Å². The molecule has 0 saturated carbocycles. The van der Waals surface area contributed by atoms with Gasteiger partial charge in [0.05, 0.1) is 0 Å². The van der Waals surface area contributed by atoms with Crippen molar-refractivity contribution in [2.24, 2.45) is 0 Å². The maximum absolute atomic E-state index is 8.32. The van der Waals surface area contributed by atoms with Gasteiger partial charge in [-0.05, 0) is 12.8 Å². The molecule has 0 radical (unpaired) electrons. The first-order chi connectivity index (χ1) is 6.95. The number of hydrogen-bond donors (Lipinski definition) is 2. The molecule has 2 unspecified atom stereocenters. The van der Waals surface area contributed by atoms with E-state index in [1.165, 1.54) is 0 Å². The summed E-state index contributed by atoms with van der Waals surface area (Å²) in [4.78, 5) is 0. The Morgan fingerprint density at radius 3 is 1.20 bits per heavy atom. The molecule has 0 aromatic carbocycles. The normalized spacial score (nSPS) is 12.5. The Morgan fingerprint density at radius 2 is 1.20 bits per heavy atom. The molecule has 15 heavy (non-hydrogen) atoms. The summed E-state index contributed by atoms with van der Waals surface area (Å²) < 4.78 is 0. The summed E-state index contributed by atoms with van der Waals surface area (Å²) in [6.07, 6.45) is 3.29. The van der Waals surface area contributed by atoms with Crippen molar-refractivity contribution in [3.05, 3.63) is 0 Å². The van der Waals surface area contributed by atoms with Crippen LogP contribution in [0.15, 0.2) is 0 Å². The van der Waals surface area contributed by atoms with Gasteiger partial charge in [-0.1, -0.05) is 49.9 Å². The molecule has 2 nitrogen and oxygen atoms in total. The third kappa shape index (κ3) is 48.3. The fourth-order valence-electron chi connectivity index (χ4n) is 0.476. The van der Waals surface area contributed by atoms with Crippen LogP contribution >= 0.6 is 47.6 Å². The molecule has 94 valence electrons. The zero-order valence-electron chi connectivity index (χ0n) is 8.89. The quantitative estimate of drug-likeness (QED) is 0.602. The maximum atomic E-state index is 8.32. The van der Waals surface area contributed by atoms with Crippen LogP contribution in [0.25, 0.3) is 0 Å². The third-order valence-corrected chi connectivity index (χ3v) is 1.49. The molecule has 2 atom stereocenters. The summed E-state index contributed by atoms with van der Waals surface area (Å²) >= 11 is 16.6. The van der Waals surface area contributed by atoms with Crippen molar-refractivity contribution >= 4 is 47.6 Å². The van der Waals surface area contributed by atoms with Crippen LogP contribution in [0.5, 0.6) is 0 Å². The van der Waals surface area contributed by atoms with Gasteiger partial charge in [-0.3, -0.25) is 0 Å². The van der Waals surface area contributed by atoms with Crippen LogP contribution < -0.4 is 0 Å². The van der Waals surface area contributed by atoms with E-state index in [0.29, 0.717) is 12.8 Å². The molecule has 0 aliphatic carbocycles. The standard InChI is InChI=1S/2C4H9ClO.2BrH.Zr/c2*1-2-3-4(5)6;;;/h2*4,6H,2-3H2,1H3;2*1H;/q;;;;+2/p-2. The monoisotopic (exact) mass is 464 g/mol. The first-order valence-corrected chi connectivity index (χ1v) is 16.7. The van der Waals surface area contributed by atoms with Crippen LogP contribution in [0.1, 0.15) is 39.5 Å². The predicted octanol–water partition coefficient (Wildman–Crippen LogP) is 4.38. The molecule has 0 fully saturated rings. The molecular weight excluding hydrogens is 450 g/mol. The molecule has 0 heterocycles. The van der Waals surface area contributed by atoms with E-state index in [0.717, 1.165) is 12.8 Å². The van der Waals surface area contributed by atoms with Crippen LogP contribution in [0.4, 0.5) is 0 Å². The molecular formula is C8H18Br2Cl2O2Zr. The zero-order valence-corrected chi connectivity index (χ0v) is 16.0. The van der Waals surface area contributed by atoms with Crippen molar-refractivity contribution in [2.75, 3.05) is 0 Å². The molecule has 2 N–H and O–H groups in total. The number of aliphatic hydroxyl groups excluding tert-OH is 2. The number of aliphatic hydroxyl groups is 2. The molecule has 0 aliphatic heterocycles. The number of alkyl halides is 2. The van der Waals surface area contributed by atoms with E-state index in [4.69, 9.17) is 33.4 Å². The van der Waals surface area contributed by atoms with E-state index in [1.54, 1.807) is 0 Å². The average Bonchev–Trinajstić information content (AvgIpc) is 2.05. The second kappa shape index (κ2) is 21.6. The van der Waals surface area contributed by atoms with Gasteiger partial charge < -0.3 is 10.2 Å². The van der Waals surface area contributed by atoms with Crippen molar-refractivity contribution in [1.82, 2.24) is 0 Å². The van der Waals surface area contributed by atoms with Gasteiger partial charge in [-0.2, -0.15) is 0 Å². The summed E-state index contributed by atoms with van der Waals surface area (Å²) in [5.74, 6) is 0. The Morgan fingerprint density at radius 1 is 1.00 bits per heavy atom. The van der Waals surface area contributed by atoms with Crippen molar-refractivity contribution in [3.63, 3.8) is 0 Å². The number of rotatable bonds is 4. The van der Waals surface area contributed by atoms with Crippen LogP contribution in [-0.4, -0.2) is 21.3 Å². The van der Waals surface area contributed by atoms with Crippen molar-refractivity contribution in [2.45, 2.75) is 50.7 Å². The van der Waals surface area contributed by atoms with Gasteiger partial charge in [0, 0.05) is 0 Å². The van der Waals surface area contributed by atoms with Gasteiger partial charge >= 0.3 is 43.0 Å². The Hall–Kier alpha value is 2.34. The SMILES string of the molecule is CCCC(O)Cl.CCCC(O)Cl.[Br][Zr][Br]. The predicted molar refractivity (Wildman–Crippen MR) is 71.4 cm³/mol. The number of hydrogen-bond acceptors (Lipinski definition) is 2. The van der Waals surface area contributed by atoms with Crippen molar-refractivity contribution in [3.8, 4) is 0 Å². The third-order valence-electron chi connectivity index (χ3n) is 1.05. The average molecular weight is 468 g/mol. The van der Waals surface area contributed by atoms with E-state index in [9.17, 15) is 0 Å². The fraction of sp³-hybridized carbons (Fsp3) is 1.00. The molecule has 7 heteroatoms. The van der Waals surface area contributed by atoms with Gasteiger partial charge in [0.25, 0.3) is 0 Å². The molecule has 0 rings (SSSR count). The fourth-order valence-corrected chi connectivity index (χ4v) is 0.913. The Labute approximate surface area is 126 Å². The van der Waals surface area contributed by atoms with E-state index in [1.807, 2.05) is 13.8 Å². The molecule has 0 aromatic heterocycles. The van der Waals surface area contributed by atoms with Gasteiger partial charge in [0.15, 0.2) is 0 Å². The van der Waals surface area contributed by atoms with Crippen molar-refractivity contribution in [1.29, 1.82) is 0 Å². The van der Waals surface area contributed by atoms with Gasteiger partial charge in [0.2, 0.25) is 0 Å². The zero-order chi connectivity index (χ0) is 12.7. The van der Waals surface area contributed by atoms with Crippen LogP contribution in [0.3, 0.4) is 0 Å². The Kier molecular flexibility index (Phi) is 32.4. The first-order valence-electron chi connectivity index (χ1n) is 4.56. The minimum absolute atomic E-state index is 0.145. The van der Waals surface area contributed by atoms with Gasteiger partial charge in [-0.25, -0.2) is 0 Å². The molecule has 0 spiro atoms. The first kappa shape index (κ1) is 22.5. The summed E-state index contributed by atoms with van der Waals surface area (Å²) in [6, 6.07) is 0. The van der Waals surface area contributed by atoms with E-state index >= 15 is 0 Å². The minimum atomic E-state index is -0.630. The van der Waals surface area contributed by atoms with E-state index in [-0.39, 0.29) is 18.5 Å². The molecule has 0 amide bonds. The molecule has 0 bridgehead atoms. The van der Waals surface area contributed by atoms with Crippen molar-refractivity contribution < 1.29 is 28.7 Å². The van der Waals surface area contributed by atoms with Gasteiger partial charge in [0.1, 0.15) is 11.1 Å². The second-order valence-electron chi connectivity index (χ2n) is 2.52. The summed E-state index contributed by atoms with van der Waals surface area (Å²) in [5, 5.41) is 16.6. The van der Waals surface area contributed by atoms with Crippen LogP contribution in [0, 0.1) is 0 Å². The molecule has 0 aromatic rings. The summed E-state index contributed by atoms with van der Waals surface area (Å²) in [5.41, 5.74) is -1.26. The van der Waals surface area contributed by atoms with Crippen LogP contribution in [-0.2, 0) is 18.5 Å². The molecule has 0 saturated heterocycles. The molecule has 0 aliphatic rings. The van der Waals surface area contributed by atoms with Crippen LogP contribution in [0.2, 0.25) is 0 Å². The number of halogens is 4. The van der Waals surface area contributed by atoms with Gasteiger partial charge in [-0.15, -0.1) is 0 Å². The summed E-state index contributed by atoms with van der Waals surface area (Å²) in [7, 11) is 0. The second-order valence-corrected chi connectivity index (χ2v) is 14.9. The Bertz CT molecular complexity index is 90.7. The topological polar surface area (TPSA) is 40.5 Å². The Balaban J connectivity index is -0.000000153. The van der Waals surface area contributed by atoms with E-state index in [2.05, 4.69) is 24.4 Å².